The molecule has 2 rings (SSSR count). The van der Waals surface area contributed by atoms with Crippen molar-refractivity contribution in [3.05, 3.63) is 41.0 Å². The van der Waals surface area contributed by atoms with E-state index in [9.17, 15) is 35.9 Å². The van der Waals surface area contributed by atoms with Gasteiger partial charge in [-0.2, -0.15) is 26.3 Å². The fraction of sp³-hybridized carbons (Fsp3) is 0.412. The van der Waals surface area contributed by atoms with Gasteiger partial charge in [-0.25, -0.2) is 0 Å². The van der Waals surface area contributed by atoms with E-state index in [1.807, 2.05) is 0 Å². The number of primary amides is 1. The molecular weight excluding hydrogens is 378 g/mol. The topological polar surface area (TPSA) is 63.4 Å². The highest BCUT2D eigenvalue weighted by molar-refractivity contribution is 5.92. The molecule has 148 valence electrons. The van der Waals surface area contributed by atoms with Gasteiger partial charge in [-0.3, -0.25) is 9.59 Å². The van der Waals surface area contributed by atoms with E-state index in [1.54, 1.807) is 0 Å². The number of hydrogen-bond donors (Lipinski definition) is 1. The van der Waals surface area contributed by atoms with E-state index in [1.165, 1.54) is 4.90 Å². The van der Waals surface area contributed by atoms with Gasteiger partial charge in [0.2, 0.25) is 11.8 Å². The van der Waals surface area contributed by atoms with Crippen LogP contribution in [0.15, 0.2) is 24.3 Å². The molecule has 27 heavy (non-hydrogen) atoms. The number of benzene rings is 1. The number of piperidine rings is 1. The number of nitrogens with two attached hydrogens (primary N) is 1. The van der Waals surface area contributed by atoms with Crippen LogP contribution in [0, 0.1) is 5.92 Å². The lowest BCUT2D eigenvalue weighted by atomic mass is 9.97. The summed E-state index contributed by atoms with van der Waals surface area (Å²) in [5.41, 5.74) is 1.87. The minimum atomic E-state index is -4.96. The second-order valence-corrected chi connectivity index (χ2v) is 6.20. The van der Waals surface area contributed by atoms with E-state index in [-0.39, 0.29) is 12.6 Å². The van der Waals surface area contributed by atoms with Crippen molar-refractivity contribution in [3.63, 3.8) is 0 Å². The Morgan fingerprint density at radius 2 is 1.59 bits per heavy atom. The summed E-state index contributed by atoms with van der Waals surface area (Å²) < 4.78 is 77.0. The molecule has 0 aliphatic carbocycles. The van der Waals surface area contributed by atoms with Gasteiger partial charge in [-0.15, -0.1) is 0 Å². The maximum atomic E-state index is 12.8. The fourth-order valence-electron chi connectivity index (χ4n) is 2.76. The summed E-state index contributed by atoms with van der Waals surface area (Å²) in [6.07, 6.45) is -7.11. The lowest BCUT2D eigenvalue weighted by Gasteiger charge is -2.30. The molecule has 0 aromatic heterocycles. The third kappa shape index (κ3) is 5.48. The van der Waals surface area contributed by atoms with Crippen molar-refractivity contribution in [1.82, 2.24) is 4.90 Å². The number of nitrogens with zero attached hydrogens (tertiary/aromatic N) is 1. The van der Waals surface area contributed by atoms with Crippen LogP contribution in [0.4, 0.5) is 26.3 Å². The highest BCUT2D eigenvalue weighted by Gasteiger charge is 2.36. The number of amides is 2. The molecule has 1 saturated heterocycles. The van der Waals surface area contributed by atoms with Gasteiger partial charge in [-0.05, 0) is 42.7 Å². The van der Waals surface area contributed by atoms with Crippen LogP contribution in [0.25, 0.3) is 6.08 Å². The Morgan fingerprint density at radius 1 is 1.04 bits per heavy atom. The van der Waals surface area contributed by atoms with Crippen LogP contribution >= 0.6 is 0 Å². The summed E-state index contributed by atoms with van der Waals surface area (Å²) in [6, 6.07) is 1.07. The molecule has 4 nitrogen and oxygen atoms in total. The van der Waals surface area contributed by atoms with E-state index >= 15 is 0 Å². The van der Waals surface area contributed by atoms with Gasteiger partial charge in [0.25, 0.3) is 0 Å². The van der Waals surface area contributed by atoms with Crippen LogP contribution in [0.3, 0.4) is 0 Å². The Hall–Kier alpha value is -2.52. The third-order valence-electron chi connectivity index (χ3n) is 4.16. The number of likely N-dealkylation sites (tertiary alicyclic amines) is 1. The van der Waals surface area contributed by atoms with E-state index in [2.05, 4.69) is 0 Å². The predicted octanol–water partition coefficient (Wildman–Crippen LogP) is 3.46. The van der Waals surface area contributed by atoms with E-state index < -0.39 is 46.8 Å². The van der Waals surface area contributed by atoms with Crippen LogP contribution in [-0.2, 0) is 21.9 Å². The molecular formula is C17H16F6N2O2. The summed E-state index contributed by atoms with van der Waals surface area (Å²) in [6.45, 7) is 0.387. The van der Waals surface area contributed by atoms with Gasteiger partial charge in [0.15, 0.2) is 0 Å². The van der Waals surface area contributed by atoms with Gasteiger partial charge in [-0.1, -0.05) is 0 Å². The number of halogens is 6. The van der Waals surface area contributed by atoms with Crippen molar-refractivity contribution in [2.24, 2.45) is 11.7 Å². The molecule has 0 unspecified atom stereocenters. The summed E-state index contributed by atoms with van der Waals surface area (Å²) in [5, 5.41) is 0. The molecule has 1 aliphatic rings. The smallest absolute Gasteiger partial charge is 0.369 e. The lowest BCUT2D eigenvalue weighted by Crippen LogP contribution is -2.43. The second kappa shape index (κ2) is 7.61. The minimum Gasteiger partial charge on any atom is -0.369 e. The zero-order chi connectivity index (χ0) is 20.4. The maximum Gasteiger partial charge on any atom is 0.416 e. The van der Waals surface area contributed by atoms with Gasteiger partial charge in [0.05, 0.1) is 17.0 Å². The van der Waals surface area contributed by atoms with Crippen molar-refractivity contribution in [3.8, 4) is 0 Å². The SMILES string of the molecule is NC(=O)[C@H]1CCCN(C(=O)/C=C/c2cc(C(F)(F)F)cc(C(F)(F)F)c2)C1. The van der Waals surface area contributed by atoms with Crippen LogP contribution in [0.1, 0.15) is 29.5 Å². The molecule has 2 amide bonds. The zero-order valence-electron chi connectivity index (χ0n) is 13.9. The van der Waals surface area contributed by atoms with Crippen LogP contribution in [0.5, 0.6) is 0 Å². The number of rotatable bonds is 3. The number of hydrogen-bond acceptors (Lipinski definition) is 2. The Kier molecular flexibility index (Phi) is 5.86. The molecule has 1 fully saturated rings. The van der Waals surface area contributed by atoms with Crippen molar-refractivity contribution in [2.45, 2.75) is 25.2 Å². The highest BCUT2D eigenvalue weighted by Crippen LogP contribution is 2.36. The van der Waals surface area contributed by atoms with E-state index in [0.717, 1.165) is 12.2 Å². The monoisotopic (exact) mass is 394 g/mol. The first-order valence-corrected chi connectivity index (χ1v) is 7.93. The number of carbonyl (C=O) groups excluding carboxylic acids is 2. The molecule has 1 aromatic carbocycles. The fourth-order valence-corrected chi connectivity index (χ4v) is 2.76. The van der Waals surface area contributed by atoms with Crippen molar-refractivity contribution >= 4 is 17.9 Å². The van der Waals surface area contributed by atoms with Crippen LogP contribution in [0.2, 0.25) is 0 Å². The minimum absolute atomic E-state index is 0.0151. The molecule has 10 heteroatoms. The van der Waals surface area contributed by atoms with Crippen molar-refractivity contribution < 1.29 is 35.9 Å². The molecule has 0 saturated carbocycles. The summed E-state index contributed by atoms with van der Waals surface area (Å²) >= 11 is 0. The standard InChI is InChI=1S/C17H16F6N2O2/c18-16(19,20)12-6-10(7-13(8-12)17(21,22)23)3-4-14(26)25-5-1-2-11(9-25)15(24)27/h3-4,6-8,11H,1-2,5,9H2,(H2,24,27)/b4-3+/t11-/m0/s1. The molecule has 1 aliphatic heterocycles. The molecule has 0 bridgehead atoms. The first-order valence-electron chi connectivity index (χ1n) is 7.93. The molecule has 1 heterocycles. The first kappa shape index (κ1) is 20.8. The first-order chi connectivity index (χ1) is 12.4. The summed E-state index contributed by atoms with van der Waals surface area (Å²) in [7, 11) is 0. The van der Waals surface area contributed by atoms with Crippen molar-refractivity contribution in [2.75, 3.05) is 13.1 Å². The quantitative estimate of drug-likeness (QED) is 0.631. The van der Waals surface area contributed by atoms with E-state index in [4.69, 9.17) is 5.73 Å². The second-order valence-electron chi connectivity index (χ2n) is 6.20. The molecule has 0 radical (unpaired) electrons. The summed E-state index contributed by atoms with van der Waals surface area (Å²) in [5.74, 6) is -1.71. The maximum absolute atomic E-state index is 12.8. The third-order valence-corrected chi connectivity index (χ3v) is 4.16. The molecule has 1 aromatic rings. The molecule has 1 atom stereocenters. The zero-order valence-corrected chi connectivity index (χ0v) is 13.9. The normalized spacial score (nSPS) is 18.7. The van der Waals surface area contributed by atoms with Gasteiger partial charge in [0, 0.05) is 19.2 Å². The lowest BCUT2D eigenvalue weighted by molar-refractivity contribution is -0.143. The Balaban J connectivity index is 2.25. The van der Waals surface area contributed by atoms with Gasteiger partial charge < -0.3 is 10.6 Å². The largest absolute Gasteiger partial charge is 0.416 e. The average Bonchev–Trinajstić information content (AvgIpc) is 2.58. The highest BCUT2D eigenvalue weighted by atomic mass is 19.4. The Bertz CT molecular complexity index is 723. The van der Waals surface area contributed by atoms with E-state index in [0.29, 0.717) is 31.5 Å². The van der Waals surface area contributed by atoms with Crippen molar-refractivity contribution in [1.29, 1.82) is 0 Å². The van der Waals surface area contributed by atoms with Gasteiger partial charge >= 0.3 is 12.4 Å². The average molecular weight is 394 g/mol. The van der Waals surface area contributed by atoms with Crippen LogP contribution in [-0.4, -0.2) is 29.8 Å². The Labute approximate surface area is 150 Å². The Morgan fingerprint density at radius 3 is 2.07 bits per heavy atom. The van der Waals surface area contributed by atoms with Crippen LogP contribution < -0.4 is 5.73 Å². The predicted molar refractivity (Wildman–Crippen MR) is 84.0 cm³/mol. The molecule has 0 spiro atoms. The molecule has 2 N–H and O–H groups in total. The summed E-state index contributed by atoms with van der Waals surface area (Å²) in [4.78, 5) is 24.6. The number of carbonyl (C=O) groups is 2. The number of alkyl halides is 6. The van der Waals surface area contributed by atoms with Gasteiger partial charge in [0.1, 0.15) is 0 Å².